The zero-order valence-corrected chi connectivity index (χ0v) is 10.7. The quantitative estimate of drug-likeness (QED) is 0.666. The number of phenolic OH excluding ortho intramolecular Hbond substituents is 2. The molecule has 2 rings (SSSR count). The van der Waals surface area contributed by atoms with Crippen molar-refractivity contribution in [3.8, 4) is 11.5 Å². The van der Waals surface area contributed by atoms with E-state index in [0.29, 0.717) is 4.90 Å². The lowest BCUT2D eigenvalue weighted by Gasteiger charge is -2.05. The molecule has 2 N–H and O–H groups in total. The molecule has 98 valence electrons. The molecule has 0 spiro atoms. The van der Waals surface area contributed by atoms with Gasteiger partial charge in [-0.05, 0) is 24.3 Å². The Hall–Kier alpha value is -2.01. The smallest absolute Gasteiger partial charge is 0.176 e. The molecule has 5 heteroatoms. The van der Waals surface area contributed by atoms with Gasteiger partial charge in [-0.1, -0.05) is 12.1 Å². The fourth-order valence-corrected chi connectivity index (χ4v) is 2.36. The van der Waals surface area contributed by atoms with Crippen molar-refractivity contribution >= 4 is 17.5 Å². The number of carbonyl (C=O) groups excluding carboxylic acids is 1. The zero-order chi connectivity index (χ0) is 13.8. The van der Waals surface area contributed by atoms with Gasteiger partial charge in [0.05, 0.1) is 11.3 Å². The Morgan fingerprint density at radius 1 is 1.16 bits per heavy atom. The molecule has 3 nitrogen and oxygen atoms in total. The molecule has 19 heavy (non-hydrogen) atoms. The van der Waals surface area contributed by atoms with Crippen LogP contribution in [-0.2, 0) is 0 Å². The summed E-state index contributed by atoms with van der Waals surface area (Å²) in [6.45, 7) is 0. The van der Waals surface area contributed by atoms with Crippen molar-refractivity contribution in [3.05, 3.63) is 53.8 Å². The molecule has 2 aromatic carbocycles. The highest BCUT2D eigenvalue weighted by Crippen LogP contribution is 2.26. The van der Waals surface area contributed by atoms with E-state index in [9.17, 15) is 14.3 Å². The second-order valence-corrected chi connectivity index (χ2v) is 4.86. The molecule has 0 aromatic heterocycles. The first-order valence-electron chi connectivity index (χ1n) is 5.50. The minimum Gasteiger partial charge on any atom is -0.508 e. The van der Waals surface area contributed by atoms with Gasteiger partial charge in [0.15, 0.2) is 5.78 Å². The normalized spacial score (nSPS) is 10.4. The fourth-order valence-electron chi connectivity index (χ4n) is 1.54. The Balaban J connectivity index is 2.08. The van der Waals surface area contributed by atoms with Crippen LogP contribution in [0, 0.1) is 5.82 Å². The number of benzene rings is 2. The number of hydrogen-bond donors (Lipinski definition) is 2. The van der Waals surface area contributed by atoms with Crippen molar-refractivity contribution in [2.75, 3.05) is 5.75 Å². The first-order chi connectivity index (χ1) is 9.08. The van der Waals surface area contributed by atoms with Crippen LogP contribution in [0.15, 0.2) is 47.4 Å². The second kappa shape index (κ2) is 5.75. The third-order valence-electron chi connectivity index (χ3n) is 2.48. The number of aromatic hydroxyl groups is 2. The van der Waals surface area contributed by atoms with Crippen LogP contribution in [0.5, 0.6) is 11.5 Å². The number of ketones is 1. The summed E-state index contributed by atoms with van der Waals surface area (Å²) in [5.41, 5.74) is 0.113. The van der Waals surface area contributed by atoms with E-state index in [-0.39, 0.29) is 34.4 Å². The Kier molecular flexibility index (Phi) is 4.06. The molecule has 0 amide bonds. The molecule has 0 unspecified atom stereocenters. The van der Waals surface area contributed by atoms with Gasteiger partial charge >= 0.3 is 0 Å². The summed E-state index contributed by atoms with van der Waals surface area (Å²) in [5, 5.41) is 18.7. The number of phenols is 2. The van der Waals surface area contributed by atoms with Gasteiger partial charge in [0.25, 0.3) is 0 Å². The van der Waals surface area contributed by atoms with E-state index in [0.717, 1.165) is 17.8 Å². The average Bonchev–Trinajstić information content (AvgIpc) is 2.37. The highest BCUT2D eigenvalue weighted by atomic mass is 32.2. The van der Waals surface area contributed by atoms with Crippen molar-refractivity contribution in [1.29, 1.82) is 0 Å². The molecule has 0 heterocycles. The first kappa shape index (κ1) is 13.4. The third-order valence-corrected chi connectivity index (χ3v) is 3.53. The molecule has 0 aliphatic rings. The Labute approximate surface area is 113 Å². The maximum absolute atomic E-state index is 13.4. The maximum Gasteiger partial charge on any atom is 0.176 e. The summed E-state index contributed by atoms with van der Waals surface area (Å²) in [7, 11) is 0. The van der Waals surface area contributed by atoms with E-state index >= 15 is 0 Å². The van der Waals surface area contributed by atoms with Crippen molar-refractivity contribution in [3.63, 3.8) is 0 Å². The molecule has 0 bridgehead atoms. The van der Waals surface area contributed by atoms with Crippen molar-refractivity contribution in [2.24, 2.45) is 0 Å². The zero-order valence-electron chi connectivity index (χ0n) is 9.84. The summed E-state index contributed by atoms with van der Waals surface area (Å²) in [4.78, 5) is 12.3. The van der Waals surface area contributed by atoms with E-state index in [2.05, 4.69) is 0 Å². The van der Waals surface area contributed by atoms with Crippen LogP contribution < -0.4 is 0 Å². The van der Waals surface area contributed by atoms with Gasteiger partial charge in [-0.2, -0.15) is 0 Å². The lowest BCUT2D eigenvalue weighted by molar-refractivity contribution is 0.102. The topological polar surface area (TPSA) is 57.5 Å². The van der Waals surface area contributed by atoms with Gasteiger partial charge < -0.3 is 10.2 Å². The summed E-state index contributed by atoms with van der Waals surface area (Å²) in [6.07, 6.45) is 0. The second-order valence-electron chi connectivity index (χ2n) is 3.84. The molecule has 0 saturated carbocycles. The standard InChI is InChI=1S/C14H11FO3S/c15-11-3-1-2-4-14(11)19-8-13(18)10-6-5-9(16)7-12(10)17/h1-7,16-17H,8H2. The predicted octanol–water partition coefficient (Wildman–Crippen LogP) is 3.21. The Bertz CT molecular complexity index is 613. The molecule has 2 aromatic rings. The summed E-state index contributed by atoms with van der Waals surface area (Å²) < 4.78 is 13.4. The number of Topliss-reactive ketones (excluding diaryl/α,β-unsaturated/α-hetero) is 1. The predicted molar refractivity (Wildman–Crippen MR) is 71.2 cm³/mol. The van der Waals surface area contributed by atoms with E-state index in [1.165, 1.54) is 18.2 Å². The number of carbonyl (C=O) groups is 1. The minimum absolute atomic E-state index is 0.0132. The van der Waals surface area contributed by atoms with Gasteiger partial charge in [0, 0.05) is 11.0 Å². The molecular formula is C14H11FO3S. The largest absolute Gasteiger partial charge is 0.508 e. The third kappa shape index (κ3) is 3.26. The van der Waals surface area contributed by atoms with Crippen LogP contribution in [0.1, 0.15) is 10.4 Å². The van der Waals surface area contributed by atoms with Crippen LogP contribution in [0.3, 0.4) is 0 Å². The highest BCUT2D eigenvalue weighted by Gasteiger charge is 2.13. The molecule has 0 saturated heterocycles. The maximum atomic E-state index is 13.4. The van der Waals surface area contributed by atoms with Crippen LogP contribution in [0.25, 0.3) is 0 Å². The van der Waals surface area contributed by atoms with Crippen LogP contribution >= 0.6 is 11.8 Å². The van der Waals surface area contributed by atoms with Gasteiger partial charge in [-0.15, -0.1) is 11.8 Å². The summed E-state index contributed by atoms with van der Waals surface area (Å²) in [6, 6.07) is 9.94. The van der Waals surface area contributed by atoms with Crippen molar-refractivity contribution in [2.45, 2.75) is 4.90 Å². The SMILES string of the molecule is O=C(CSc1ccccc1F)c1ccc(O)cc1O. The van der Waals surface area contributed by atoms with Crippen molar-refractivity contribution in [1.82, 2.24) is 0 Å². The molecule has 0 fully saturated rings. The van der Waals surface area contributed by atoms with Gasteiger partial charge in [-0.25, -0.2) is 4.39 Å². The molecule has 0 atom stereocenters. The Morgan fingerprint density at radius 3 is 2.58 bits per heavy atom. The van der Waals surface area contributed by atoms with Crippen LogP contribution in [-0.4, -0.2) is 21.7 Å². The van der Waals surface area contributed by atoms with Crippen LogP contribution in [0.2, 0.25) is 0 Å². The summed E-state index contributed by atoms with van der Waals surface area (Å²) >= 11 is 1.06. The highest BCUT2D eigenvalue weighted by molar-refractivity contribution is 8.00. The molecule has 0 aliphatic carbocycles. The minimum atomic E-state index is -0.379. The molecular weight excluding hydrogens is 267 g/mol. The lowest BCUT2D eigenvalue weighted by atomic mass is 10.1. The van der Waals surface area contributed by atoms with E-state index in [4.69, 9.17) is 5.11 Å². The average molecular weight is 278 g/mol. The van der Waals surface area contributed by atoms with Gasteiger partial charge in [0.2, 0.25) is 0 Å². The van der Waals surface area contributed by atoms with Crippen LogP contribution in [0.4, 0.5) is 4.39 Å². The van der Waals surface area contributed by atoms with E-state index < -0.39 is 0 Å². The lowest BCUT2D eigenvalue weighted by Crippen LogP contribution is -2.02. The fraction of sp³-hybridized carbons (Fsp3) is 0.0714. The molecule has 0 aliphatic heterocycles. The van der Waals surface area contributed by atoms with E-state index in [1.807, 2.05) is 0 Å². The monoisotopic (exact) mass is 278 g/mol. The van der Waals surface area contributed by atoms with Gasteiger partial charge in [-0.3, -0.25) is 4.79 Å². The number of hydrogen-bond acceptors (Lipinski definition) is 4. The first-order valence-corrected chi connectivity index (χ1v) is 6.49. The van der Waals surface area contributed by atoms with Crippen molar-refractivity contribution < 1.29 is 19.4 Å². The molecule has 0 radical (unpaired) electrons. The summed E-state index contributed by atoms with van der Waals surface area (Å²) in [5.74, 6) is -1.09. The Morgan fingerprint density at radius 2 is 1.89 bits per heavy atom. The number of thioether (sulfide) groups is 1. The number of rotatable bonds is 4. The number of halogens is 1. The van der Waals surface area contributed by atoms with Gasteiger partial charge in [0.1, 0.15) is 17.3 Å². The van der Waals surface area contributed by atoms with E-state index in [1.54, 1.807) is 18.2 Å².